The number of methoxy groups -OCH3 is 1. The molecule has 0 fully saturated rings. The number of aryl methyl sites for hydroxylation is 2. The van der Waals surface area contributed by atoms with Gasteiger partial charge in [-0.3, -0.25) is 4.79 Å². The van der Waals surface area contributed by atoms with Crippen molar-refractivity contribution in [3.8, 4) is 5.75 Å². The third-order valence-corrected chi connectivity index (χ3v) is 3.36. The Morgan fingerprint density at radius 1 is 1.19 bits per heavy atom. The minimum atomic E-state index is -0.0145. The lowest BCUT2D eigenvalue weighted by Crippen LogP contribution is -2.12. The van der Waals surface area contributed by atoms with Gasteiger partial charge in [-0.15, -0.1) is 0 Å². The van der Waals surface area contributed by atoms with Gasteiger partial charge in [0.1, 0.15) is 5.75 Å². The van der Waals surface area contributed by atoms with Gasteiger partial charge in [0, 0.05) is 17.8 Å². The first-order valence-electron chi connectivity index (χ1n) is 6.87. The molecule has 0 unspecified atom stereocenters. The number of carbonyl (C=O) groups is 1. The highest BCUT2D eigenvalue weighted by Gasteiger charge is 2.04. The molecule has 0 atom stereocenters. The number of carbonyl (C=O) groups excluding carboxylic acids is 1. The number of hydrogen-bond donors (Lipinski definition) is 2. The molecule has 2 rings (SSSR count). The highest BCUT2D eigenvalue weighted by atomic mass is 16.5. The molecule has 0 heterocycles. The first kappa shape index (κ1) is 14.9. The number of nitrogens with two attached hydrogens (primary N) is 1. The van der Waals surface area contributed by atoms with Gasteiger partial charge in [0.05, 0.1) is 7.11 Å². The maximum Gasteiger partial charge on any atom is 0.224 e. The molecule has 0 saturated heterocycles. The van der Waals surface area contributed by atoms with E-state index in [2.05, 4.69) is 5.32 Å². The Morgan fingerprint density at radius 3 is 2.52 bits per heavy atom. The van der Waals surface area contributed by atoms with Gasteiger partial charge in [-0.25, -0.2) is 0 Å². The summed E-state index contributed by atoms with van der Waals surface area (Å²) in [6, 6.07) is 13.2. The fourth-order valence-electron chi connectivity index (χ4n) is 2.00. The number of ether oxygens (including phenoxy) is 1. The van der Waals surface area contributed by atoms with Crippen LogP contribution in [0.5, 0.6) is 5.75 Å². The quantitative estimate of drug-likeness (QED) is 0.829. The van der Waals surface area contributed by atoms with Crippen LogP contribution >= 0.6 is 0 Å². The number of nitrogen functional groups attached to an aromatic ring is 1. The van der Waals surface area contributed by atoms with E-state index in [9.17, 15) is 4.79 Å². The van der Waals surface area contributed by atoms with Crippen LogP contribution in [0.1, 0.15) is 17.5 Å². The molecule has 0 aliphatic heterocycles. The lowest BCUT2D eigenvalue weighted by Gasteiger charge is -2.07. The average Bonchev–Trinajstić information content (AvgIpc) is 2.49. The predicted octanol–water partition coefficient (Wildman–Crippen LogP) is 3.16. The van der Waals surface area contributed by atoms with E-state index in [0.29, 0.717) is 12.8 Å². The lowest BCUT2D eigenvalue weighted by atomic mass is 10.1. The van der Waals surface area contributed by atoms with Crippen LogP contribution in [-0.2, 0) is 11.2 Å². The summed E-state index contributed by atoms with van der Waals surface area (Å²) in [6.07, 6.45) is 1.10. The van der Waals surface area contributed by atoms with Crippen molar-refractivity contribution in [2.75, 3.05) is 18.2 Å². The first-order valence-corrected chi connectivity index (χ1v) is 6.87. The Balaban J connectivity index is 1.87. The monoisotopic (exact) mass is 284 g/mol. The van der Waals surface area contributed by atoms with Crippen molar-refractivity contribution in [1.82, 2.24) is 0 Å². The minimum absolute atomic E-state index is 0.0145. The number of hydrogen-bond acceptors (Lipinski definition) is 3. The average molecular weight is 284 g/mol. The Bertz CT molecular complexity index is 621. The van der Waals surface area contributed by atoms with E-state index < -0.39 is 0 Å². The molecule has 21 heavy (non-hydrogen) atoms. The molecule has 2 aromatic rings. The van der Waals surface area contributed by atoms with Crippen molar-refractivity contribution in [2.45, 2.75) is 19.8 Å². The van der Waals surface area contributed by atoms with Crippen LogP contribution in [0.15, 0.2) is 42.5 Å². The molecule has 0 spiro atoms. The van der Waals surface area contributed by atoms with Crippen molar-refractivity contribution >= 4 is 17.3 Å². The Labute approximate surface area is 124 Å². The summed E-state index contributed by atoms with van der Waals surface area (Å²) in [6.45, 7) is 1.97. The van der Waals surface area contributed by atoms with Gasteiger partial charge in [0.2, 0.25) is 5.91 Å². The molecule has 4 nitrogen and oxygen atoms in total. The molecule has 110 valence electrons. The fraction of sp³-hybridized carbons (Fsp3) is 0.235. The van der Waals surface area contributed by atoms with Crippen LogP contribution in [0.4, 0.5) is 11.4 Å². The van der Waals surface area contributed by atoms with Crippen molar-refractivity contribution in [1.29, 1.82) is 0 Å². The summed E-state index contributed by atoms with van der Waals surface area (Å²) in [5.41, 5.74) is 9.53. The van der Waals surface area contributed by atoms with Gasteiger partial charge >= 0.3 is 0 Å². The van der Waals surface area contributed by atoms with Crippen molar-refractivity contribution < 1.29 is 9.53 Å². The van der Waals surface area contributed by atoms with Crippen LogP contribution in [-0.4, -0.2) is 13.0 Å². The zero-order valence-electron chi connectivity index (χ0n) is 12.3. The summed E-state index contributed by atoms with van der Waals surface area (Å²) >= 11 is 0. The number of amides is 1. The molecule has 3 N–H and O–H groups in total. The highest BCUT2D eigenvalue weighted by Crippen LogP contribution is 2.16. The SMILES string of the molecule is COc1ccc(NC(=O)CCc2ccc(C)c(N)c2)cc1. The Hall–Kier alpha value is -2.49. The number of rotatable bonds is 5. The van der Waals surface area contributed by atoms with E-state index in [1.807, 2.05) is 49.4 Å². The van der Waals surface area contributed by atoms with Gasteiger partial charge in [-0.2, -0.15) is 0 Å². The van der Waals surface area contributed by atoms with E-state index in [0.717, 1.165) is 28.3 Å². The standard InChI is InChI=1S/C17H20N2O2/c1-12-3-4-13(11-16(12)18)5-10-17(20)19-14-6-8-15(21-2)9-7-14/h3-4,6-9,11H,5,10,18H2,1-2H3,(H,19,20). The largest absolute Gasteiger partial charge is 0.497 e. The highest BCUT2D eigenvalue weighted by molar-refractivity contribution is 5.90. The topological polar surface area (TPSA) is 64.3 Å². The second kappa shape index (κ2) is 6.79. The third-order valence-electron chi connectivity index (χ3n) is 3.36. The normalized spacial score (nSPS) is 10.2. The van der Waals surface area contributed by atoms with E-state index in [-0.39, 0.29) is 5.91 Å². The maximum atomic E-state index is 11.9. The Kier molecular flexibility index (Phi) is 4.82. The van der Waals surface area contributed by atoms with Gasteiger partial charge < -0.3 is 15.8 Å². The summed E-state index contributed by atoms with van der Waals surface area (Å²) in [7, 11) is 1.61. The smallest absolute Gasteiger partial charge is 0.224 e. The van der Waals surface area contributed by atoms with Crippen LogP contribution < -0.4 is 15.8 Å². The molecule has 0 radical (unpaired) electrons. The molecule has 0 aromatic heterocycles. The van der Waals surface area contributed by atoms with E-state index in [1.165, 1.54) is 0 Å². The Morgan fingerprint density at radius 2 is 1.90 bits per heavy atom. The van der Waals surface area contributed by atoms with Crippen molar-refractivity contribution in [3.05, 3.63) is 53.6 Å². The van der Waals surface area contributed by atoms with E-state index in [4.69, 9.17) is 10.5 Å². The number of nitrogens with one attached hydrogen (secondary N) is 1. The molecule has 1 amide bonds. The van der Waals surface area contributed by atoms with Gasteiger partial charge in [-0.05, 0) is 54.8 Å². The lowest BCUT2D eigenvalue weighted by molar-refractivity contribution is -0.116. The molecule has 0 aliphatic rings. The molecular weight excluding hydrogens is 264 g/mol. The van der Waals surface area contributed by atoms with Crippen LogP contribution in [0.25, 0.3) is 0 Å². The number of benzene rings is 2. The summed E-state index contributed by atoms with van der Waals surface area (Å²) in [5, 5.41) is 2.86. The maximum absolute atomic E-state index is 11.9. The molecule has 4 heteroatoms. The molecule has 0 saturated carbocycles. The summed E-state index contributed by atoms with van der Waals surface area (Å²) in [4.78, 5) is 11.9. The molecule has 2 aromatic carbocycles. The van der Waals surface area contributed by atoms with E-state index >= 15 is 0 Å². The van der Waals surface area contributed by atoms with Crippen molar-refractivity contribution in [2.24, 2.45) is 0 Å². The van der Waals surface area contributed by atoms with Gasteiger partial charge in [0.25, 0.3) is 0 Å². The van der Waals surface area contributed by atoms with Gasteiger partial charge in [0.15, 0.2) is 0 Å². The molecule has 0 aliphatic carbocycles. The van der Waals surface area contributed by atoms with Gasteiger partial charge in [-0.1, -0.05) is 12.1 Å². The molecule has 0 bridgehead atoms. The first-order chi connectivity index (χ1) is 10.1. The zero-order valence-corrected chi connectivity index (χ0v) is 12.3. The second-order valence-corrected chi connectivity index (χ2v) is 4.97. The predicted molar refractivity (Wildman–Crippen MR) is 85.5 cm³/mol. The molecular formula is C17H20N2O2. The fourth-order valence-corrected chi connectivity index (χ4v) is 2.00. The second-order valence-electron chi connectivity index (χ2n) is 4.97. The summed E-state index contributed by atoms with van der Waals surface area (Å²) in [5.74, 6) is 0.752. The number of anilines is 2. The van der Waals surface area contributed by atoms with Crippen molar-refractivity contribution in [3.63, 3.8) is 0 Å². The third kappa shape index (κ3) is 4.24. The minimum Gasteiger partial charge on any atom is -0.497 e. The van der Waals surface area contributed by atoms with Crippen LogP contribution in [0.2, 0.25) is 0 Å². The summed E-state index contributed by atoms with van der Waals surface area (Å²) < 4.78 is 5.08. The van der Waals surface area contributed by atoms with E-state index in [1.54, 1.807) is 7.11 Å². The van der Waals surface area contributed by atoms with Crippen LogP contribution in [0.3, 0.4) is 0 Å². The zero-order chi connectivity index (χ0) is 15.2. The van der Waals surface area contributed by atoms with Crippen LogP contribution in [0, 0.1) is 6.92 Å².